The molecule has 6 heteroatoms. The summed E-state index contributed by atoms with van der Waals surface area (Å²) in [7, 11) is 6.98. The zero-order chi connectivity index (χ0) is 14.1. The first-order chi connectivity index (χ1) is 8.46. The second kappa shape index (κ2) is 7.49. The van der Waals surface area contributed by atoms with E-state index in [-0.39, 0.29) is 16.8 Å². The number of rotatable bonds is 4. The van der Waals surface area contributed by atoms with Crippen molar-refractivity contribution in [2.75, 3.05) is 28.2 Å². The molecule has 0 aromatic carbocycles. The van der Waals surface area contributed by atoms with E-state index < -0.39 is 0 Å². The van der Waals surface area contributed by atoms with E-state index in [1.54, 1.807) is 50.1 Å². The van der Waals surface area contributed by atoms with Crippen molar-refractivity contribution in [2.24, 2.45) is 4.99 Å². The molecule has 0 spiro atoms. The van der Waals surface area contributed by atoms with Gasteiger partial charge in [-0.05, 0) is 0 Å². The minimum atomic E-state index is -0.192. The normalized spacial score (nSPS) is 10.2. The van der Waals surface area contributed by atoms with Crippen LogP contribution in [0.2, 0.25) is 0 Å². The van der Waals surface area contributed by atoms with E-state index in [9.17, 15) is 0 Å². The highest BCUT2D eigenvalue weighted by Gasteiger charge is 2.11. The van der Waals surface area contributed by atoms with Crippen molar-refractivity contribution >= 4 is 6.34 Å². The molecular formula is C12H14N6. The lowest BCUT2D eigenvalue weighted by molar-refractivity contribution is 0.560. The molecule has 18 heavy (non-hydrogen) atoms. The van der Waals surface area contributed by atoms with Crippen LogP contribution in [-0.4, -0.2) is 44.3 Å². The van der Waals surface area contributed by atoms with Gasteiger partial charge in [0.05, 0.1) is 11.9 Å². The van der Waals surface area contributed by atoms with Gasteiger partial charge in [0.25, 0.3) is 0 Å². The van der Waals surface area contributed by atoms with Crippen LogP contribution in [-0.2, 0) is 0 Å². The molecule has 0 rings (SSSR count). The molecule has 0 aromatic heterocycles. The quantitative estimate of drug-likeness (QED) is 0.315. The van der Waals surface area contributed by atoms with Crippen molar-refractivity contribution in [2.45, 2.75) is 0 Å². The third-order valence-corrected chi connectivity index (χ3v) is 1.64. The van der Waals surface area contributed by atoms with Crippen LogP contribution in [0, 0.1) is 34.0 Å². The van der Waals surface area contributed by atoms with Crippen molar-refractivity contribution in [1.82, 2.24) is 9.80 Å². The Labute approximate surface area is 107 Å². The fraction of sp³-hybridized carbons (Fsp3) is 0.333. The summed E-state index contributed by atoms with van der Waals surface area (Å²) in [5.41, 5.74) is 0.0452. The molecule has 0 fully saturated rings. The van der Waals surface area contributed by atoms with Crippen LogP contribution in [0.3, 0.4) is 0 Å². The Morgan fingerprint density at radius 2 is 1.50 bits per heavy atom. The van der Waals surface area contributed by atoms with Crippen LogP contribution in [0.5, 0.6) is 0 Å². The number of nitriles is 3. The Kier molecular flexibility index (Phi) is 6.33. The molecule has 0 amide bonds. The third-order valence-electron chi connectivity index (χ3n) is 1.64. The van der Waals surface area contributed by atoms with Crippen molar-refractivity contribution in [1.29, 1.82) is 15.8 Å². The lowest BCUT2D eigenvalue weighted by Gasteiger charge is -2.08. The lowest BCUT2D eigenvalue weighted by Crippen LogP contribution is -2.09. The Balaban J connectivity index is 5.82. The highest BCUT2D eigenvalue weighted by atomic mass is 15.1. The summed E-state index contributed by atoms with van der Waals surface area (Å²) in [6.07, 6.45) is 2.95. The maximum atomic E-state index is 9.07. The Morgan fingerprint density at radius 1 is 0.944 bits per heavy atom. The first-order valence-corrected chi connectivity index (χ1v) is 5.00. The zero-order valence-corrected chi connectivity index (χ0v) is 10.8. The van der Waals surface area contributed by atoms with Crippen LogP contribution in [0.25, 0.3) is 0 Å². The average molecular weight is 242 g/mol. The van der Waals surface area contributed by atoms with Gasteiger partial charge in [-0.2, -0.15) is 15.8 Å². The molecule has 92 valence electrons. The summed E-state index contributed by atoms with van der Waals surface area (Å²) in [5.74, 6) is 0. The van der Waals surface area contributed by atoms with Gasteiger partial charge in [-0.15, -0.1) is 0 Å². The second-order valence-electron chi connectivity index (χ2n) is 3.77. The fourth-order valence-corrected chi connectivity index (χ4v) is 0.974. The predicted molar refractivity (Wildman–Crippen MR) is 67.8 cm³/mol. The van der Waals surface area contributed by atoms with Gasteiger partial charge in [0.15, 0.2) is 5.57 Å². The highest BCUT2D eigenvalue weighted by Crippen LogP contribution is 2.15. The summed E-state index contributed by atoms with van der Waals surface area (Å²) in [4.78, 5) is 7.31. The SMILES string of the molecule is CN(C)C=NC(=C(C#N)C#N)/C(C#N)=C/N(C)C. The molecule has 0 aromatic rings. The van der Waals surface area contributed by atoms with E-state index in [0.717, 1.165) is 0 Å². The minimum absolute atomic E-state index is 0.0740. The molecule has 0 saturated heterocycles. The van der Waals surface area contributed by atoms with Crippen LogP contribution in [0.4, 0.5) is 0 Å². The van der Waals surface area contributed by atoms with E-state index in [1.807, 2.05) is 6.07 Å². The molecule has 0 aliphatic rings. The standard InChI is InChI=1S/C12H14N6/c1-17(2)8-11(7-15)12(10(5-13)6-14)16-9-18(3)4/h8-9H,1-4H3/b11-8+,16-9?. The summed E-state index contributed by atoms with van der Waals surface area (Å²) in [6.45, 7) is 0. The monoisotopic (exact) mass is 242 g/mol. The zero-order valence-electron chi connectivity index (χ0n) is 10.8. The molecule has 0 atom stereocenters. The Hall–Kier alpha value is -2.78. The second-order valence-corrected chi connectivity index (χ2v) is 3.77. The molecule has 0 N–H and O–H groups in total. The molecule has 0 aliphatic carbocycles. The van der Waals surface area contributed by atoms with Gasteiger partial charge >= 0.3 is 0 Å². The Morgan fingerprint density at radius 3 is 1.83 bits per heavy atom. The summed E-state index contributed by atoms with van der Waals surface area (Å²) < 4.78 is 0. The molecule has 0 aliphatic heterocycles. The highest BCUT2D eigenvalue weighted by molar-refractivity contribution is 5.62. The van der Waals surface area contributed by atoms with Gasteiger partial charge in [-0.1, -0.05) is 0 Å². The molecule has 0 saturated carbocycles. The molecule has 0 heterocycles. The fourth-order valence-electron chi connectivity index (χ4n) is 0.974. The predicted octanol–water partition coefficient (Wildman–Crippen LogP) is 0.847. The summed E-state index contributed by atoms with van der Waals surface area (Å²) in [5, 5.41) is 26.8. The lowest BCUT2D eigenvalue weighted by atomic mass is 10.1. The van der Waals surface area contributed by atoms with Crippen LogP contribution in [0.1, 0.15) is 0 Å². The van der Waals surface area contributed by atoms with Gasteiger partial charge in [-0.3, -0.25) is 0 Å². The molecule has 0 radical (unpaired) electrons. The Bertz CT molecular complexity index is 486. The van der Waals surface area contributed by atoms with Gasteiger partial charge in [0.1, 0.15) is 23.9 Å². The maximum absolute atomic E-state index is 9.07. The first kappa shape index (κ1) is 15.2. The van der Waals surface area contributed by atoms with Crippen LogP contribution in [0.15, 0.2) is 28.0 Å². The summed E-state index contributed by atoms with van der Waals surface area (Å²) in [6, 6.07) is 5.41. The van der Waals surface area contributed by atoms with Crippen molar-refractivity contribution < 1.29 is 0 Å². The minimum Gasteiger partial charge on any atom is -0.382 e. The molecule has 0 bridgehead atoms. The van der Waals surface area contributed by atoms with Gasteiger partial charge < -0.3 is 9.80 Å². The average Bonchev–Trinajstić information content (AvgIpc) is 2.31. The van der Waals surface area contributed by atoms with Crippen molar-refractivity contribution in [3.05, 3.63) is 23.0 Å². The number of hydrogen-bond acceptors (Lipinski definition) is 5. The van der Waals surface area contributed by atoms with Gasteiger partial charge in [0, 0.05) is 34.4 Å². The van der Waals surface area contributed by atoms with Gasteiger partial charge in [0.2, 0.25) is 0 Å². The van der Waals surface area contributed by atoms with Crippen molar-refractivity contribution in [3.63, 3.8) is 0 Å². The van der Waals surface area contributed by atoms with E-state index in [1.165, 1.54) is 12.5 Å². The number of allylic oxidation sites excluding steroid dienone is 2. The van der Waals surface area contributed by atoms with Crippen molar-refractivity contribution in [3.8, 4) is 18.2 Å². The van der Waals surface area contributed by atoms with Crippen LogP contribution < -0.4 is 0 Å². The third kappa shape index (κ3) is 4.83. The number of aliphatic imine (C=N–C) groups is 1. The largest absolute Gasteiger partial charge is 0.382 e. The number of hydrogen-bond donors (Lipinski definition) is 0. The van der Waals surface area contributed by atoms with E-state index in [0.29, 0.717) is 0 Å². The maximum Gasteiger partial charge on any atom is 0.156 e. The summed E-state index contributed by atoms with van der Waals surface area (Å²) >= 11 is 0. The molecule has 6 nitrogen and oxygen atoms in total. The first-order valence-electron chi connectivity index (χ1n) is 5.00. The van der Waals surface area contributed by atoms with E-state index >= 15 is 0 Å². The van der Waals surface area contributed by atoms with E-state index in [2.05, 4.69) is 4.99 Å². The van der Waals surface area contributed by atoms with Crippen LogP contribution >= 0.6 is 0 Å². The van der Waals surface area contributed by atoms with E-state index in [4.69, 9.17) is 15.8 Å². The number of nitrogens with zero attached hydrogens (tertiary/aromatic N) is 6. The molecular weight excluding hydrogens is 228 g/mol. The van der Waals surface area contributed by atoms with Gasteiger partial charge in [-0.25, -0.2) is 4.99 Å². The molecule has 0 unspecified atom stereocenters. The smallest absolute Gasteiger partial charge is 0.156 e. The topological polar surface area (TPSA) is 90.2 Å².